The molecule has 0 radical (unpaired) electrons. The van der Waals surface area contributed by atoms with Crippen molar-refractivity contribution < 1.29 is 0 Å². The monoisotopic (exact) mass is 305 g/mol. The van der Waals surface area contributed by atoms with Crippen LogP contribution in [-0.2, 0) is 0 Å². The summed E-state index contributed by atoms with van der Waals surface area (Å²) in [6, 6.07) is 0. The maximum Gasteiger partial charge on any atom is 0.0168 e. The first-order valence-electron chi connectivity index (χ1n) is 6.64. The van der Waals surface area contributed by atoms with Gasteiger partial charge in [-0.2, -0.15) is 11.8 Å². The Labute approximate surface area is 114 Å². The second-order valence-electron chi connectivity index (χ2n) is 6.09. The summed E-state index contributed by atoms with van der Waals surface area (Å²) in [5.41, 5.74) is 5.59. The van der Waals surface area contributed by atoms with Gasteiger partial charge in [-0.3, -0.25) is 0 Å². The Morgan fingerprint density at radius 3 is 1.94 bits per heavy atom. The summed E-state index contributed by atoms with van der Waals surface area (Å²) in [5, 5.41) is 0. The van der Waals surface area contributed by atoms with Gasteiger partial charge in [-0.25, -0.2) is 0 Å². The highest BCUT2D eigenvalue weighted by Crippen LogP contribution is 2.60. The minimum atomic E-state index is 0. The number of rotatable bonds is 4. The molecule has 4 aliphatic carbocycles. The lowest BCUT2D eigenvalue weighted by Crippen LogP contribution is -2.48. The third-order valence-electron chi connectivity index (χ3n) is 4.74. The van der Waals surface area contributed by atoms with Crippen LogP contribution in [0.5, 0.6) is 0 Å². The van der Waals surface area contributed by atoms with Crippen molar-refractivity contribution in [3.8, 4) is 0 Å². The fourth-order valence-electron chi connectivity index (χ4n) is 4.58. The maximum atomic E-state index is 5.59. The van der Waals surface area contributed by atoms with Crippen LogP contribution >= 0.6 is 28.7 Å². The maximum absolute atomic E-state index is 5.59. The number of hydrogen-bond donors (Lipinski definition) is 1. The zero-order chi connectivity index (χ0) is 10.3. The average molecular weight is 306 g/mol. The molecule has 0 atom stereocenters. The zero-order valence-corrected chi connectivity index (χ0v) is 12.5. The van der Waals surface area contributed by atoms with Gasteiger partial charge >= 0.3 is 0 Å². The van der Waals surface area contributed by atoms with E-state index < -0.39 is 0 Å². The zero-order valence-electron chi connectivity index (χ0n) is 9.99. The van der Waals surface area contributed by atoms with Gasteiger partial charge in [0.25, 0.3) is 0 Å². The number of thioether (sulfide) groups is 1. The van der Waals surface area contributed by atoms with E-state index in [0.717, 1.165) is 24.3 Å². The minimum absolute atomic E-state index is 0. The van der Waals surface area contributed by atoms with Gasteiger partial charge in [0.05, 0.1) is 0 Å². The molecule has 0 saturated heterocycles. The van der Waals surface area contributed by atoms with Crippen LogP contribution in [0.2, 0.25) is 0 Å². The third-order valence-corrected chi connectivity index (χ3v) is 6.34. The predicted octanol–water partition coefficient (Wildman–Crippen LogP) is 3.62. The molecule has 4 bridgehead atoms. The van der Waals surface area contributed by atoms with Gasteiger partial charge in [0.1, 0.15) is 0 Å². The highest BCUT2D eigenvalue weighted by atomic mass is 79.9. The van der Waals surface area contributed by atoms with Crippen molar-refractivity contribution in [1.29, 1.82) is 0 Å². The second kappa shape index (κ2) is 5.19. The number of hydrogen-bond acceptors (Lipinski definition) is 2. The van der Waals surface area contributed by atoms with E-state index in [-0.39, 0.29) is 17.0 Å². The molecule has 0 unspecified atom stereocenters. The van der Waals surface area contributed by atoms with Gasteiger partial charge in [-0.05, 0) is 75.0 Å². The van der Waals surface area contributed by atoms with Crippen molar-refractivity contribution >= 4 is 28.7 Å². The van der Waals surface area contributed by atoms with Crippen LogP contribution in [0.4, 0.5) is 0 Å². The van der Waals surface area contributed by atoms with Crippen molar-refractivity contribution in [2.24, 2.45) is 23.5 Å². The molecule has 0 aromatic rings. The molecule has 4 aliphatic rings. The van der Waals surface area contributed by atoms with Crippen molar-refractivity contribution in [3.05, 3.63) is 0 Å². The normalized spacial score (nSPS) is 44.4. The molecule has 0 aromatic carbocycles. The fourth-order valence-corrected chi connectivity index (χ4v) is 6.38. The molecule has 0 heterocycles. The Morgan fingerprint density at radius 2 is 1.50 bits per heavy atom. The summed E-state index contributed by atoms with van der Waals surface area (Å²) in [6.07, 6.45) is 10.5. The lowest BCUT2D eigenvalue weighted by atomic mass is 9.56. The highest BCUT2D eigenvalue weighted by Gasteiger charge is 2.50. The largest absolute Gasteiger partial charge is 0.330 e. The molecule has 4 rings (SSSR count). The van der Waals surface area contributed by atoms with E-state index in [1.165, 1.54) is 31.4 Å². The SMILES string of the molecule is Br.NCCCSC12CC3CC(CC(C3)C1)C2. The lowest BCUT2D eigenvalue weighted by Gasteiger charge is -2.56. The van der Waals surface area contributed by atoms with Crippen molar-refractivity contribution in [3.63, 3.8) is 0 Å². The molecule has 0 amide bonds. The van der Waals surface area contributed by atoms with Crippen molar-refractivity contribution in [2.45, 2.75) is 49.7 Å². The van der Waals surface area contributed by atoms with E-state index in [9.17, 15) is 0 Å². The Bertz CT molecular complexity index is 209. The standard InChI is InChI=1S/C13H23NS.BrH/c14-2-1-3-15-13-7-10-4-11(8-13)6-12(5-10)9-13;/h10-12H,1-9,14H2;1H. The number of nitrogens with two attached hydrogens (primary N) is 1. The molecule has 0 aliphatic heterocycles. The van der Waals surface area contributed by atoms with Crippen molar-refractivity contribution in [1.82, 2.24) is 0 Å². The van der Waals surface area contributed by atoms with E-state index >= 15 is 0 Å². The molecule has 4 saturated carbocycles. The molecular formula is C13H24BrNS. The third kappa shape index (κ3) is 2.46. The molecule has 3 heteroatoms. The first-order valence-corrected chi connectivity index (χ1v) is 7.62. The van der Waals surface area contributed by atoms with Crippen LogP contribution in [0.1, 0.15) is 44.9 Å². The first-order chi connectivity index (χ1) is 7.30. The Hall–Kier alpha value is 0.790. The molecule has 0 aromatic heterocycles. The highest BCUT2D eigenvalue weighted by molar-refractivity contribution is 8.93. The summed E-state index contributed by atoms with van der Waals surface area (Å²) in [5.74, 6) is 4.60. The summed E-state index contributed by atoms with van der Waals surface area (Å²) in [6.45, 7) is 0.874. The van der Waals surface area contributed by atoms with Crippen LogP contribution in [0.3, 0.4) is 0 Å². The summed E-state index contributed by atoms with van der Waals surface area (Å²) in [4.78, 5) is 0. The predicted molar refractivity (Wildman–Crippen MR) is 77.4 cm³/mol. The Balaban J connectivity index is 0.000000963. The quantitative estimate of drug-likeness (QED) is 0.803. The molecule has 4 fully saturated rings. The van der Waals surface area contributed by atoms with E-state index in [0.29, 0.717) is 4.75 Å². The van der Waals surface area contributed by atoms with Crippen LogP contribution in [0.15, 0.2) is 0 Å². The molecule has 16 heavy (non-hydrogen) atoms. The van der Waals surface area contributed by atoms with Gasteiger partial charge < -0.3 is 5.73 Å². The van der Waals surface area contributed by atoms with E-state index in [1.54, 1.807) is 19.3 Å². The average Bonchev–Trinajstić information content (AvgIpc) is 2.15. The minimum Gasteiger partial charge on any atom is -0.330 e. The van der Waals surface area contributed by atoms with E-state index in [2.05, 4.69) is 11.8 Å². The first kappa shape index (κ1) is 13.2. The molecule has 94 valence electrons. The van der Waals surface area contributed by atoms with Gasteiger partial charge in [0, 0.05) is 4.75 Å². The fraction of sp³-hybridized carbons (Fsp3) is 1.00. The molecule has 1 nitrogen and oxygen atoms in total. The molecular weight excluding hydrogens is 282 g/mol. The summed E-state index contributed by atoms with van der Waals surface area (Å²) >= 11 is 2.28. The molecule has 0 spiro atoms. The van der Waals surface area contributed by atoms with Gasteiger partial charge in [0.2, 0.25) is 0 Å². The van der Waals surface area contributed by atoms with Crippen LogP contribution < -0.4 is 5.73 Å². The van der Waals surface area contributed by atoms with Gasteiger partial charge in [0.15, 0.2) is 0 Å². The van der Waals surface area contributed by atoms with E-state index in [1.807, 2.05) is 0 Å². The number of halogens is 1. The smallest absolute Gasteiger partial charge is 0.0168 e. The summed E-state index contributed by atoms with van der Waals surface area (Å²) < 4.78 is 0.712. The Morgan fingerprint density at radius 1 is 1.00 bits per heavy atom. The van der Waals surface area contributed by atoms with Crippen molar-refractivity contribution in [2.75, 3.05) is 12.3 Å². The second-order valence-corrected chi connectivity index (χ2v) is 7.65. The van der Waals surface area contributed by atoms with E-state index in [4.69, 9.17) is 5.73 Å². The summed E-state index contributed by atoms with van der Waals surface area (Å²) in [7, 11) is 0. The lowest BCUT2D eigenvalue weighted by molar-refractivity contribution is 0.0383. The van der Waals surface area contributed by atoms with Gasteiger partial charge in [-0.1, -0.05) is 0 Å². The van der Waals surface area contributed by atoms with Crippen LogP contribution in [0, 0.1) is 17.8 Å². The van der Waals surface area contributed by atoms with Crippen LogP contribution in [0.25, 0.3) is 0 Å². The Kier molecular flexibility index (Phi) is 4.29. The van der Waals surface area contributed by atoms with Crippen LogP contribution in [-0.4, -0.2) is 17.0 Å². The topological polar surface area (TPSA) is 26.0 Å². The molecule has 2 N–H and O–H groups in total. The van der Waals surface area contributed by atoms with Gasteiger partial charge in [-0.15, -0.1) is 17.0 Å².